The Balaban J connectivity index is 0.000000421. The van der Waals surface area contributed by atoms with Gasteiger partial charge in [-0.3, -0.25) is 0 Å². The fourth-order valence-electron chi connectivity index (χ4n) is 3.99. The van der Waals surface area contributed by atoms with E-state index >= 15 is 0 Å². The van der Waals surface area contributed by atoms with Crippen LogP contribution in [0.3, 0.4) is 0 Å². The summed E-state index contributed by atoms with van der Waals surface area (Å²) in [5.74, 6) is 0.815. The van der Waals surface area contributed by atoms with Crippen LogP contribution in [-0.4, -0.2) is 21.6 Å². The molecule has 4 aromatic rings. The Bertz CT molecular complexity index is 1440. The second-order valence-corrected chi connectivity index (χ2v) is 8.38. The number of aromatic nitrogens is 3. The zero-order valence-electron chi connectivity index (χ0n) is 20.1. The minimum Gasteiger partial charge on any atom is -0.489 e. The Kier molecular flexibility index (Phi) is 7.54. The minimum atomic E-state index is 0.415. The molecular weight excluding hydrogens is 432 g/mol. The maximum atomic E-state index is 9.44. The number of pyridine rings is 1. The lowest BCUT2D eigenvalue weighted by Gasteiger charge is -2.11. The van der Waals surface area contributed by atoms with Crippen LogP contribution < -0.4 is 4.74 Å². The number of aryl methyl sites for hydroxylation is 1. The summed E-state index contributed by atoms with van der Waals surface area (Å²) in [7, 11) is 0. The highest BCUT2D eigenvalue weighted by Crippen LogP contribution is 2.32. The number of nitriles is 1. The van der Waals surface area contributed by atoms with Crippen molar-refractivity contribution in [3.05, 3.63) is 114 Å². The molecule has 0 amide bonds. The SMILES string of the molecule is C=C/C=C1\C=C(/CC)COc2cccc(c2)-c2cc(C#N)nc3ccc(cc23)C1.Cc1cnc[nH]1. The molecular formula is C30H28N4O. The van der Waals surface area contributed by atoms with Crippen LogP contribution in [0.4, 0.5) is 0 Å². The van der Waals surface area contributed by atoms with Crippen molar-refractivity contribution in [1.29, 1.82) is 5.26 Å². The van der Waals surface area contributed by atoms with Crippen LogP contribution in [0.1, 0.15) is 30.3 Å². The maximum Gasteiger partial charge on any atom is 0.141 e. The lowest BCUT2D eigenvalue weighted by Crippen LogP contribution is -2.02. The molecule has 0 aliphatic carbocycles. The van der Waals surface area contributed by atoms with Crippen LogP contribution in [0.2, 0.25) is 0 Å². The number of ether oxygens (including phenoxy) is 1. The van der Waals surface area contributed by atoms with Gasteiger partial charge in [-0.25, -0.2) is 9.97 Å². The normalized spacial score (nSPS) is 15.3. The van der Waals surface area contributed by atoms with Gasteiger partial charge in [0, 0.05) is 17.3 Å². The molecule has 5 rings (SSSR count). The van der Waals surface area contributed by atoms with Gasteiger partial charge in [0.1, 0.15) is 24.1 Å². The van der Waals surface area contributed by atoms with Crippen molar-refractivity contribution in [2.45, 2.75) is 26.7 Å². The third-order valence-corrected chi connectivity index (χ3v) is 5.78. The highest BCUT2D eigenvalue weighted by Gasteiger charge is 2.12. The number of H-pyrrole nitrogens is 1. The molecule has 2 aromatic heterocycles. The molecule has 35 heavy (non-hydrogen) atoms. The number of benzene rings is 2. The molecule has 4 bridgehead atoms. The van der Waals surface area contributed by atoms with Gasteiger partial charge in [0.2, 0.25) is 0 Å². The van der Waals surface area contributed by atoms with Crippen molar-refractivity contribution >= 4 is 10.9 Å². The number of hydrogen-bond donors (Lipinski definition) is 1. The average molecular weight is 461 g/mol. The van der Waals surface area contributed by atoms with Crippen LogP contribution in [0.5, 0.6) is 5.75 Å². The predicted molar refractivity (Wildman–Crippen MR) is 141 cm³/mol. The standard InChI is InChI=1S/C26H22N2O.C4H6N2/c1-3-6-19-11-18(4-2)17-29-23-8-5-7-21(14-23)24-15-22(16-27)28-26-10-9-20(12-19)13-25(24)26;1-4-2-5-3-6-4/h3,5-11,13-15H,1,4,12,17H2,2H3;2-3H,1H3,(H,5,6)/b18-11+,19-6+;. The van der Waals surface area contributed by atoms with Crippen LogP contribution in [0, 0.1) is 18.3 Å². The molecule has 5 nitrogen and oxygen atoms in total. The summed E-state index contributed by atoms with van der Waals surface area (Å²) in [4.78, 5) is 11.2. The zero-order chi connectivity index (χ0) is 24.6. The number of rotatable bonds is 2. The van der Waals surface area contributed by atoms with Crippen molar-refractivity contribution in [3.8, 4) is 22.9 Å². The molecule has 5 heteroatoms. The quantitative estimate of drug-likeness (QED) is 0.354. The van der Waals surface area contributed by atoms with E-state index in [4.69, 9.17) is 4.74 Å². The second-order valence-electron chi connectivity index (χ2n) is 8.38. The van der Waals surface area contributed by atoms with Crippen molar-refractivity contribution in [3.63, 3.8) is 0 Å². The molecule has 0 fully saturated rings. The number of allylic oxidation sites excluding steroid dienone is 4. The zero-order valence-corrected chi connectivity index (χ0v) is 20.1. The van der Waals surface area contributed by atoms with E-state index in [0.29, 0.717) is 12.3 Å². The summed E-state index contributed by atoms with van der Waals surface area (Å²) in [5, 5.41) is 10.5. The Morgan fingerprint density at radius 1 is 1.20 bits per heavy atom. The minimum absolute atomic E-state index is 0.415. The number of imidazole rings is 1. The van der Waals surface area contributed by atoms with Crippen molar-refractivity contribution < 1.29 is 4.74 Å². The third kappa shape index (κ3) is 5.93. The lowest BCUT2D eigenvalue weighted by atomic mass is 9.96. The van der Waals surface area contributed by atoms with E-state index in [2.05, 4.69) is 64.9 Å². The van der Waals surface area contributed by atoms with Gasteiger partial charge in [-0.1, -0.05) is 49.9 Å². The first-order chi connectivity index (χ1) is 17.1. The molecule has 1 aliphatic heterocycles. The monoisotopic (exact) mass is 460 g/mol. The Labute approximate surface area is 206 Å². The maximum absolute atomic E-state index is 9.44. The number of nitrogens with one attached hydrogen (secondary N) is 1. The van der Waals surface area contributed by atoms with Crippen molar-refractivity contribution in [2.24, 2.45) is 0 Å². The smallest absolute Gasteiger partial charge is 0.141 e. The van der Waals surface area contributed by atoms with Gasteiger partial charge in [0.25, 0.3) is 0 Å². The molecule has 0 spiro atoms. The molecule has 0 saturated carbocycles. The Morgan fingerprint density at radius 3 is 2.77 bits per heavy atom. The van der Waals surface area contributed by atoms with Gasteiger partial charge < -0.3 is 9.72 Å². The fraction of sp³-hybridized carbons (Fsp3) is 0.167. The summed E-state index contributed by atoms with van der Waals surface area (Å²) in [6, 6.07) is 18.4. The van der Waals surface area contributed by atoms with Gasteiger partial charge in [-0.2, -0.15) is 5.26 Å². The molecule has 0 saturated heterocycles. The van der Waals surface area contributed by atoms with E-state index in [-0.39, 0.29) is 0 Å². The van der Waals surface area contributed by atoms with Crippen molar-refractivity contribution in [2.75, 3.05) is 6.61 Å². The van der Waals surface area contributed by atoms with E-state index in [0.717, 1.165) is 46.3 Å². The van der Waals surface area contributed by atoms with E-state index in [1.165, 1.54) is 16.7 Å². The van der Waals surface area contributed by atoms with Crippen molar-refractivity contribution in [1.82, 2.24) is 15.0 Å². The van der Waals surface area contributed by atoms with Gasteiger partial charge in [0.05, 0.1) is 11.8 Å². The average Bonchev–Trinajstić information content (AvgIpc) is 3.37. The Hall–Kier alpha value is -4.43. The molecule has 1 aliphatic rings. The molecule has 2 aromatic carbocycles. The van der Waals surface area contributed by atoms with E-state index in [1.54, 1.807) is 12.5 Å². The fourth-order valence-corrected chi connectivity index (χ4v) is 3.99. The molecule has 3 heterocycles. The lowest BCUT2D eigenvalue weighted by molar-refractivity contribution is 0.348. The van der Waals surface area contributed by atoms with Gasteiger partial charge >= 0.3 is 0 Å². The number of hydrogen-bond acceptors (Lipinski definition) is 4. The molecule has 0 unspecified atom stereocenters. The Morgan fingerprint density at radius 2 is 2.09 bits per heavy atom. The number of aromatic amines is 1. The highest BCUT2D eigenvalue weighted by atomic mass is 16.5. The summed E-state index contributed by atoms with van der Waals surface area (Å²) in [5.41, 5.74) is 7.98. The summed E-state index contributed by atoms with van der Waals surface area (Å²) >= 11 is 0. The molecule has 0 atom stereocenters. The second kappa shape index (κ2) is 11.1. The highest BCUT2D eigenvalue weighted by molar-refractivity contribution is 5.95. The predicted octanol–water partition coefficient (Wildman–Crippen LogP) is 6.88. The van der Waals surface area contributed by atoms with E-state index < -0.39 is 0 Å². The van der Waals surface area contributed by atoms with Gasteiger partial charge in [0.15, 0.2) is 0 Å². The van der Waals surface area contributed by atoms with Crippen LogP contribution in [0.25, 0.3) is 22.0 Å². The summed E-state index contributed by atoms with van der Waals surface area (Å²) < 4.78 is 6.10. The number of nitrogens with zero attached hydrogens (tertiary/aromatic N) is 3. The van der Waals surface area contributed by atoms with E-state index in [9.17, 15) is 5.26 Å². The first-order valence-electron chi connectivity index (χ1n) is 11.6. The molecule has 174 valence electrons. The first-order valence-corrected chi connectivity index (χ1v) is 11.6. The largest absolute Gasteiger partial charge is 0.489 e. The van der Waals surface area contributed by atoms with Gasteiger partial charge in [-0.15, -0.1) is 0 Å². The number of fused-ring (bicyclic) bond motifs is 4. The molecule has 1 N–H and O–H groups in total. The summed E-state index contributed by atoms with van der Waals surface area (Å²) in [6.07, 6.45) is 11.2. The third-order valence-electron chi connectivity index (χ3n) is 5.78. The summed E-state index contributed by atoms with van der Waals surface area (Å²) in [6.45, 7) is 8.52. The molecule has 0 radical (unpaired) electrons. The van der Waals surface area contributed by atoms with Crippen LogP contribution in [-0.2, 0) is 6.42 Å². The van der Waals surface area contributed by atoms with Gasteiger partial charge in [-0.05, 0) is 77.9 Å². The van der Waals surface area contributed by atoms with Crippen LogP contribution in [0.15, 0.2) is 97.0 Å². The topological polar surface area (TPSA) is 74.6 Å². The van der Waals surface area contributed by atoms with Crippen LogP contribution >= 0.6 is 0 Å². The first kappa shape index (κ1) is 23.7. The van der Waals surface area contributed by atoms with E-state index in [1.807, 2.05) is 43.3 Å².